The molecule has 0 unspecified atom stereocenters. The zero-order valence-electron chi connectivity index (χ0n) is 19.1. The standard InChI is InChI=1S/C28H44.Ni/c1-3-5-7-9-11-13-15-19-25-23-24-26-20-17-18-22-28(26)27(25)21-16-14-12-10-8-6-4-2;/h17-18,20,22-24H,3-16,19,21H2,1-2H3;/q;+2. The number of hydrogen-bond acceptors (Lipinski definition) is 0. The molecule has 0 bridgehead atoms. The molecule has 0 N–H and O–H groups in total. The van der Waals surface area contributed by atoms with Crippen LogP contribution >= 0.6 is 0 Å². The van der Waals surface area contributed by atoms with Gasteiger partial charge in [0.2, 0.25) is 0 Å². The van der Waals surface area contributed by atoms with Gasteiger partial charge in [-0.2, -0.15) is 0 Å². The smallest absolute Gasteiger partial charge is 0.0654 e. The van der Waals surface area contributed by atoms with Crippen LogP contribution in [0.3, 0.4) is 0 Å². The molecule has 0 aliphatic carbocycles. The van der Waals surface area contributed by atoms with Gasteiger partial charge >= 0.3 is 16.5 Å². The number of rotatable bonds is 16. The minimum absolute atomic E-state index is 0. The second-order valence-electron chi connectivity index (χ2n) is 8.67. The summed E-state index contributed by atoms with van der Waals surface area (Å²) in [5, 5.41) is 2.93. The Hall–Kier alpha value is -0.806. The van der Waals surface area contributed by atoms with Crippen LogP contribution in [0.1, 0.15) is 115 Å². The first-order chi connectivity index (χ1) is 13.9. The van der Waals surface area contributed by atoms with Crippen molar-refractivity contribution in [2.45, 2.75) is 117 Å². The third-order valence-corrected chi connectivity index (χ3v) is 6.22. The van der Waals surface area contributed by atoms with Crippen molar-refractivity contribution in [2.75, 3.05) is 0 Å². The van der Waals surface area contributed by atoms with Crippen molar-refractivity contribution in [3.63, 3.8) is 0 Å². The van der Waals surface area contributed by atoms with Crippen LogP contribution in [-0.2, 0) is 29.3 Å². The van der Waals surface area contributed by atoms with Gasteiger partial charge in [0, 0.05) is 0 Å². The molecule has 0 atom stereocenters. The molecule has 2 aromatic rings. The number of hydrogen-bond donors (Lipinski definition) is 0. The van der Waals surface area contributed by atoms with Crippen molar-refractivity contribution in [3.8, 4) is 0 Å². The van der Waals surface area contributed by atoms with E-state index in [1.807, 2.05) is 0 Å². The first-order valence-corrected chi connectivity index (χ1v) is 12.4. The van der Waals surface area contributed by atoms with Crippen molar-refractivity contribution in [1.82, 2.24) is 0 Å². The van der Waals surface area contributed by atoms with Gasteiger partial charge in [-0.15, -0.1) is 0 Å². The zero-order valence-corrected chi connectivity index (χ0v) is 20.1. The van der Waals surface area contributed by atoms with Crippen LogP contribution in [-0.4, -0.2) is 0 Å². The van der Waals surface area contributed by atoms with Crippen LogP contribution in [0.15, 0.2) is 36.4 Å². The molecule has 2 rings (SSSR count). The Kier molecular flexibility index (Phi) is 15.3. The Labute approximate surface area is 191 Å². The van der Waals surface area contributed by atoms with E-state index in [9.17, 15) is 0 Å². The van der Waals surface area contributed by atoms with E-state index in [1.54, 1.807) is 11.1 Å². The zero-order chi connectivity index (χ0) is 19.9. The quantitative estimate of drug-likeness (QED) is 0.181. The molecular formula is C28H44Ni+2. The number of fused-ring (bicyclic) bond motifs is 1. The summed E-state index contributed by atoms with van der Waals surface area (Å²) in [7, 11) is 0. The molecule has 0 saturated carbocycles. The molecule has 0 radical (unpaired) electrons. The molecule has 1 heteroatoms. The van der Waals surface area contributed by atoms with E-state index in [2.05, 4.69) is 50.2 Å². The molecular weight excluding hydrogens is 395 g/mol. The summed E-state index contributed by atoms with van der Waals surface area (Å²) in [5.74, 6) is 0. The molecule has 29 heavy (non-hydrogen) atoms. The van der Waals surface area contributed by atoms with Crippen LogP contribution < -0.4 is 0 Å². The molecule has 2 aromatic carbocycles. The second kappa shape index (κ2) is 16.9. The van der Waals surface area contributed by atoms with Crippen LogP contribution in [0.5, 0.6) is 0 Å². The summed E-state index contributed by atoms with van der Waals surface area (Å²) in [6.07, 6.45) is 22.1. The monoisotopic (exact) mass is 438 g/mol. The maximum Gasteiger partial charge on any atom is 2.00 e. The van der Waals surface area contributed by atoms with Crippen molar-refractivity contribution in [3.05, 3.63) is 47.5 Å². The minimum Gasteiger partial charge on any atom is -0.0654 e. The van der Waals surface area contributed by atoms with Gasteiger partial charge in [-0.05, 0) is 47.6 Å². The molecule has 0 aliphatic rings. The summed E-state index contributed by atoms with van der Waals surface area (Å²) in [6, 6.07) is 13.8. The molecule has 0 aliphatic heterocycles. The van der Waals surface area contributed by atoms with E-state index >= 15 is 0 Å². The molecule has 0 heterocycles. The van der Waals surface area contributed by atoms with Crippen LogP contribution in [0, 0.1) is 0 Å². The van der Waals surface area contributed by atoms with E-state index in [1.165, 1.54) is 114 Å². The third kappa shape index (κ3) is 10.2. The first kappa shape index (κ1) is 26.2. The SMILES string of the molecule is CCCCCCCCCc1ccc2ccccc2c1CCCCCCCCC.[Ni+2]. The van der Waals surface area contributed by atoms with Crippen molar-refractivity contribution in [1.29, 1.82) is 0 Å². The average molecular weight is 439 g/mol. The van der Waals surface area contributed by atoms with Gasteiger partial charge in [0.15, 0.2) is 0 Å². The second-order valence-corrected chi connectivity index (χ2v) is 8.67. The molecule has 0 saturated heterocycles. The fraction of sp³-hybridized carbons (Fsp3) is 0.643. The van der Waals surface area contributed by atoms with E-state index in [0.717, 1.165) is 0 Å². The summed E-state index contributed by atoms with van der Waals surface area (Å²) >= 11 is 0. The van der Waals surface area contributed by atoms with E-state index in [-0.39, 0.29) is 16.5 Å². The van der Waals surface area contributed by atoms with Crippen LogP contribution in [0.4, 0.5) is 0 Å². The number of unbranched alkanes of at least 4 members (excludes halogenated alkanes) is 12. The molecule has 0 spiro atoms. The van der Waals surface area contributed by atoms with Gasteiger partial charge in [0.05, 0.1) is 0 Å². The number of aryl methyl sites for hydroxylation is 2. The van der Waals surface area contributed by atoms with Gasteiger partial charge < -0.3 is 0 Å². The summed E-state index contributed by atoms with van der Waals surface area (Å²) in [6.45, 7) is 4.60. The Balaban J connectivity index is 0.00000420. The predicted octanol–water partition coefficient (Wildman–Crippen LogP) is 9.42. The van der Waals surface area contributed by atoms with Gasteiger partial charge in [0.25, 0.3) is 0 Å². The summed E-state index contributed by atoms with van der Waals surface area (Å²) in [5.41, 5.74) is 3.27. The van der Waals surface area contributed by atoms with E-state index in [0.29, 0.717) is 0 Å². The summed E-state index contributed by atoms with van der Waals surface area (Å²) < 4.78 is 0. The largest absolute Gasteiger partial charge is 2.00 e. The van der Waals surface area contributed by atoms with Crippen molar-refractivity contribution >= 4 is 10.8 Å². The van der Waals surface area contributed by atoms with Gasteiger partial charge in [0.1, 0.15) is 0 Å². The Bertz CT molecular complexity index is 646. The fourth-order valence-electron chi connectivity index (χ4n) is 4.44. The molecule has 0 fully saturated rings. The maximum absolute atomic E-state index is 2.43. The Morgan fingerprint density at radius 3 is 1.66 bits per heavy atom. The third-order valence-electron chi connectivity index (χ3n) is 6.22. The van der Waals surface area contributed by atoms with Crippen LogP contribution in [0.2, 0.25) is 0 Å². The first-order valence-electron chi connectivity index (χ1n) is 12.4. The van der Waals surface area contributed by atoms with Crippen molar-refractivity contribution in [2.24, 2.45) is 0 Å². The average Bonchev–Trinajstić information content (AvgIpc) is 2.73. The Morgan fingerprint density at radius 1 is 0.517 bits per heavy atom. The minimum atomic E-state index is 0. The normalized spacial score (nSPS) is 11.0. The number of benzene rings is 2. The van der Waals surface area contributed by atoms with Crippen LogP contribution in [0.25, 0.3) is 10.8 Å². The maximum atomic E-state index is 2.43. The fourth-order valence-corrected chi connectivity index (χ4v) is 4.44. The van der Waals surface area contributed by atoms with E-state index in [4.69, 9.17) is 0 Å². The molecule has 164 valence electrons. The van der Waals surface area contributed by atoms with Gasteiger partial charge in [-0.25, -0.2) is 0 Å². The molecule has 0 nitrogen and oxygen atoms in total. The predicted molar refractivity (Wildman–Crippen MR) is 127 cm³/mol. The van der Waals surface area contributed by atoms with Gasteiger partial charge in [-0.3, -0.25) is 0 Å². The van der Waals surface area contributed by atoms with E-state index < -0.39 is 0 Å². The summed E-state index contributed by atoms with van der Waals surface area (Å²) in [4.78, 5) is 0. The molecule has 0 amide bonds. The topological polar surface area (TPSA) is 0 Å². The van der Waals surface area contributed by atoms with Crippen molar-refractivity contribution < 1.29 is 16.5 Å². The Morgan fingerprint density at radius 2 is 1.03 bits per heavy atom. The van der Waals surface area contributed by atoms with Gasteiger partial charge in [-0.1, -0.05) is 127 Å². The molecule has 0 aromatic heterocycles.